The van der Waals surface area contributed by atoms with Gasteiger partial charge < -0.3 is 29.3 Å². The molecule has 2 fully saturated rings. The number of carboxylic acid groups (broad SMARTS) is 2. The molecular weight excluding hydrogens is 384 g/mol. The third kappa shape index (κ3) is 7.95. The van der Waals surface area contributed by atoms with Gasteiger partial charge >= 0.3 is 49.7 Å². The average molecular weight is 410 g/mol. The number of methoxy groups -OCH3 is 2. The molecule has 0 radical (unpaired) electrons. The molecule has 0 heterocycles. The number of carboxylic acids is 2. The first-order chi connectivity index (χ1) is 12.3. The van der Waals surface area contributed by atoms with Crippen molar-refractivity contribution >= 4 is 61.6 Å². The number of hydrogen-bond acceptors (Lipinski definition) is 8. The van der Waals surface area contributed by atoms with Crippen LogP contribution in [0.5, 0.6) is 0 Å². The van der Waals surface area contributed by atoms with Gasteiger partial charge in [-0.15, -0.1) is 0 Å². The topological polar surface area (TPSA) is 133 Å². The normalized spacial score (nSPS) is 27.0. The van der Waals surface area contributed by atoms with Gasteiger partial charge in [0, 0.05) is 23.8 Å². The van der Waals surface area contributed by atoms with Crippen LogP contribution in [0, 0.1) is 23.7 Å². The van der Waals surface area contributed by atoms with E-state index in [4.69, 9.17) is 0 Å². The van der Waals surface area contributed by atoms with E-state index in [9.17, 15) is 29.4 Å². The Balaban J connectivity index is 0.000000483. The number of hydrogen-bond donors (Lipinski definition) is 0. The summed E-state index contributed by atoms with van der Waals surface area (Å²) in [7, 11) is 2.56. The molecule has 0 aliphatic heterocycles. The molecule has 2 saturated carbocycles. The SMILES string of the molecule is COC(=O)C1CCCCC1C(=O)[O-].COC(=O)C1CCCCC1C(=O)[O-].[Ca+2]. The minimum atomic E-state index is -1.13. The van der Waals surface area contributed by atoms with Crippen LogP contribution >= 0.6 is 0 Å². The van der Waals surface area contributed by atoms with Gasteiger partial charge in [-0.3, -0.25) is 9.59 Å². The molecule has 8 nitrogen and oxygen atoms in total. The quantitative estimate of drug-likeness (QED) is 0.428. The smallest absolute Gasteiger partial charge is 0.550 e. The molecule has 4 unspecified atom stereocenters. The maximum Gasteiger partial charge on any atom is 2.00 e. The molecule has 148 valence electrons. The van der Waals surface area contributed by atoms with E-state index in [1.54, 1.807) is 0 Å². The van der Waals surface area contributed by atoms with E-state index in [1.165, 1.54) is 14.2 Å². The van der Waals surface area contributed by atoms with Gasteiger partial charge in [0.25, 0.3) is 0 Å². The molecule has 4 atom stereocenters. The number of ether oxygens (including phenoxy) is 2. The number of carbonyl (C=O) groups is 4. The average Bonchev–Trinajstić information content (AvgIpc) is 2.67. The molecule has 0 aromatic heterocycles. The summed E-state index contributed by atoms with van der Waals surface area (Å²) in [4.78, 5) is 43.7. The standard InChI is InChI=1S/2C9H14O4.Ca/c2*1-13-9(12)7-5-3-2-4-6(7)8(10)11;/h2*6-7H,2-5H2,1H3,(H,10,11);/q;;+2/p-2. The van der Waals surface area contributed by atoms with Crippen LogP contribution in [0.4, 0.5) is 0 Å². The van der Waals surface area contributed by atoms with Crippen molar-refractivity contribution in [3.63, 3.8) is 0 Å². The summed E-state index contributed by atoms with van der Waals surface area (Å²) in [5.74, 6) is -5.40. The minimum Gasteiger partial charge on any atom is -0.550 e. The van der Waals surface area contributed by atoms with Gasteiger partial charge in [-0.2, -0.15) is 0 Å². The Morgan fingerprint density at radius 2 is 0.889 bits per heavy atom. The fourth-order valence-corrected chi connectivity index (χ4v) is 3.69. The van der Waals surface area contributed by atoms with E-state index in [0.717, 1.165) is 25.7 Å². The number of esters is 2. The summed E-state index contributed by atoms with van der Waals surface area (Å²) >= 11 is 0. The van der Waals surface area contributed by atoms with Crippen LogP contribution in [0.15, 0.2) is 0 Å². The number of aliphatic carboxylic acids is 2. The summed E-state index contributed by atoms with van der Waals surface area (Å²) in [6.45, 7) is 0. The van der Waals surface area contributed by atoms with Crippen molar-refractivity contribution in [3.05, 3.63) is 0 Å². The van der Waals surface area contributed by atoms with Crippen molar-refractivity contribution in [1.82, 2.24) is 0 Å². The molecule has 0 saturated heterocycles. The van der Waals surface area contributed by atoms with Gasteiger partial charge in [0.15, 0.2) is 0 Å². The van der Waals surface area contributed by atoms with E-state index in [0.29, 0.717) is 25.7 Å². The van der Waals surface area contributed by atoms with Crippen molar-refractivity contribution in [1.29, 1.82) is 0 Å². The fraction of sp³-hybridized carbons (Fsp3) is 0.778. The Bertz CT molecular complexity index is 475. The molecular formula is C18H26CaO8. The molecule has 0 N–H and O–H groups in total. The Morgan fingerprint density at radius 3 is 1.11 bits per heavy atom. The number of carbonyl (C=O) groups excluding carboxylic acids is 4. The van der Waals surface area contributed by atoms with Crippen LogP contribution in [-0.2, 0) is 28.7 Å². The second kappa shape index (κ2) is 13.3. The Hall–Kier alpha value is -0.860. The van der Waals surface area contributed by atoms with Crippen molar-refractivity contribution in [2.24, 2.45) is 23.7 Å². The summed E-state index contributed by atoms with van der Waals surface area (Å²) in [5, 5.41) is 21.3. The summed E-state index contributed by atoms with van der Waals surface area (Å²) in [5.41, 5.74) is 0. The van der Waals surface area contributed by atoms with E-state index in [2.05, 4.69) is 9.47 Å². The first-order valence-electron chi connectivity index (χ1n) is 8.90. The zero-order valence-electron chi connectivity index (χ0n) is 15.9. The molecule has 2 aliphatic carbocycles. The zero-order valence-corrected chi connectivity index (χ0v) is 18.1. The second-order valence-corrected chi connectivity index (χ2v) is 6.68. The van der Waals surface area contributed by atoms with Crippen LogP contribution in [0.2, 0.25) is 0 Å². The summed E-state index contributed by atoms with van der Waals surface area (Å²) in [6.07, 6.45) is 5.76. The van der Waals surface area contributed by atoms with Gasteiger partial charge in [-0.05, 0) is 25.7 Å². The molecule has 0 amide bonds. The second-order valence-electron chi connectivity index (χ2n) is 6.68. The van der Waals surface area contributed by atoms with E-state index < -0.39 is 47.5 Å². The maximum absolute atomic E-state index is 11.2. The first kappa shape index (κ1) is 26.1. The van der Waals surface area contributed by atoms with Crippen molar-refractivity contribution in [3.8, 4) is 0 Å². The molecule has 0 aromatic rings. The van der Waals surface area contributed by atoms with Gasteiger partial charge in [-0.1, -0.05) is 25.7 Å². The van der Waals surface area contributed by atoms with E-state index in [1.807, 2.05) is 0 Å². The molecule has 0 bridgehead atoms. The molecule has 0 aromatic carbocycles. The molecule has 0 spiro atoms. The zero-order chi connectivity index (χ0) is 19.7. The predicted molar refractivity (Wildman–Crippen MR) is 90.7 cm³/mol. The molecule has 27 heavy (non-hydrogen) atoms. The van der Waals surface area contributed by atoms with E-state index >= 15 is 0 Å². The summed E-state index contributed by atoms with van der Waals surface area (Å²) < 4.78 is 9.08. The van der Waals surface area contributed by atoms with Crippen LogP contribution in [0.1, 0.15) is 51.4 Å². The van der Waals surface area contributed by atoms with Crippen molar-refractivity contribution in [2.75, 3.05) is 14.2 Å². The first-order valence-corrected chi connectivity index (χ1v) is 8.90. The summed E-state index contributed by atoms with van der Waals surface area (Å²) in [6, 6.07) is 0. The molecule has 9 heteroatoms. The van der Waals surface area contributed by atoms with Gasteiger partial charge in [0.05, 0.1) is 26.1 Å². The molecule has 2 rings (SSSR count). The minimum absolute atomic E-state index is 0. The fourth-order valence-electron chi connectivity index (χ4n) is 3.69. The monoisotopic (exact) mass is 410 g/mol. The van der Waals surface area contributed by atoms with Crippen LogP contribution < -0.4 is 10.2 Å². The van der Waals surface area contributed by atoms with E-state index in [-0.39, 0.29) is 37.7 Å². The Labute approximate surface area is 189 Å². The largest absolute Gasteiger partial charge is 2.00 e. The van der Waals surface area contributed by atoms with Crippen molar-refractivity contribution < 1.29 is 38.9 Å². The van der Waals surface area contributed by atoms with Crippen LogP contribution in [-0.4, -0.2) is 75.8 Å². The Morgan fingerprint density at radius 1 is 0.630 bits per heavy atom. The Kier molecular flexibility index (Phi) is 12.9. The number of rotatable bonds is 4. The predicted octanol–water partition coefficient (Wildman–Crippen LogP) is -0.949. The van der Waals surface area contributed by atoms with Crippen LogP contribution in [0.25, 0.3) is 0 Å². The van der Waals surface area contributed by atoms with Gasteiger partial charge in [0.2, 0.25) is 0 Å². The third-order valence-electron chi connectivity index (χ3n) is 5.15. The third-order valence-corrected chi connectivity index (χ3v) is 5.15. The van der Waals surface area contributed by atoms with Gasteiger partial charge in [0.1, 0.15) is 0 Å². The molecule has 2 aliphatic rings. The van der Waals surface area contributed by atoms with Gasteiger partial charge in [-0.25, -0.2) is 0 Å². The maximum atomic E-state index is 11.2. The van der Waals surface area contributed by atoms with Crippen molar-refractivity contribution in [2.45, 2.75) is 51.4 Å². The van der Waals surface area contributed by atoms with Crippen LogP contribution in [0.3, 0.4) is 0 Å².